The molecule has 0 unspecified atom stereocenters. The Morgan fingerprint density at radius 1 is 1.32 bits per heavy atom. The standard InChI is InChI=1S/C14H9Cl2N3O2S/c15-8-3-4-9(10(16)6-8)14(20)17-7-12-18-13(19-21-12)11-2-1-5-22-11/h1-6H,7H2,(H,17,20). The number of aromatic nitrogens is 2. The van der Waals surface area contributed by atoms with Gasteiger partial charge in [0.05, 0.1) is 22.0 Å². The van der Waals surface area contributed by atoms with Crippen LogP contribution in [0.5, 0.6) is 0 Å². The highest BCUT2D eigenvalue weighted by Gasteiger charge is 2.13. The van der Waals surface area contributed by atoms with Gasteiger partial charge in [-0.1, -0.05) is 34.4 Å². The number of rotatable bonds is 4. The summed E-state index contributed by atoms with van der Waals surface area (Å²) in [6, 6.07) is 8.47. The molecule has 3 rings (SSSR count). The molecular weight excluding hydrogens is 345 g/mol. The maximum absolute atomic E-state index is 12.1. The van der Waals surface area contributed by atoms with E-state index in [2.05, 4.69) is 15.5 Å². The molecule has 2 heterocycles. The first-order valence-corrected chi connectivity index (χ1v) is 7.87. The third kappa shape index (κ3) is 3.30. The molecule has 0 aliphatic carbocycles. The zero-order chi connectivity index (χ0) is 15.5. The van der Waals surface area contributed by atoms with Gasteiger partial charge in [0, 0.05) is 5.02 Å². The molecule has 22 heavy (non-hydrogen) atoms. The normalized spacial score (nSPS) is 10.6. The summed E-state index contributed by atoms with van der Waals surface area (Å²) in [4.78, 5) is 17.2. The number of carbonyl (C=O) groups is 1. The second-order valence-electron chi connectivity index (χ2n) is 4.30. The molecule has 0 fully saturated rings. The van der Waals surface area contributed by atoms with E-state index in [4.69, 9.17) is 27.7 Å². The van der Waals surface area contributed by atoms with Gasteiger partial charge in [-0.2, -0.15) is 4.98 Å². The number of nitrogens with one attached hydrogen (secondary N) is 1. The highest BCUT2D eigenvalue weighted by molar-refractivity contribution is 7.13. The van der Waals surface area contributed by atoms with Crippen LogP contribution >= 0.6 is 34.5 Å². The molecule has 3 aromatic rings. The Hall–Kier alpha value is -1.89. The predicted molar refractivity (Wildman–Crippen MR) is 85.2 cm³/mol. The summed E-state index contributed by atoms with van der Waals surface area (Å²) in [5, 5.41) is 9.23. The van der Waals surface area contributed by atoms with Crippen LogP contribution in [0.1, 0.15) is 16.2 Å². The maximum atomic E-state index is 12.1. The molecule has 2 aromatic heterocycles. The summed E-state index contributed by atoms with van der Waals surface area (Å²) in [5.74, 6) is 0.489. The number of nitrogens with zero attached hydrogens (tertiary/aromatic N) is 2. The molecule has 0 saturated carbocycles. The van der Waals surface area contributed by atoms with E-state index < -0.39 is 0 Å². The Morgan fingerprint density at radius 3 is 2.91 bits per heavy atom. The molecule has 0 atom stereocenters. The molecule has 0 spiro atoms. The summed E-state index contributed by atoms with van der Waals surface area (Å²) in [6.45, 7) is 0.121. The van der Waals surface area contributed by atoms with Crippen LogP contribution in [0.25, 0.3) is 10.7 Å². The van der Waals surface area contributed by atoms with Crippen LogP contribution < -0.4 is 5.32 Å². The van der Waals surface area contributed by atoms with Gasteiger partial charge in [-0.3, -0.25) is 4.79 Å². The van der Waals surface area contributed by atoms with E-state index >= 15 is 0 Å². The van der Waals surface area contributed by atoms with Crippen molar-refractivity contribution in [2.75, 3.05) is 0 Å². The molecule has 1 aromatic carbocycles. The van der Waals surface area contributed by atoms with Crippen LogP contribution in [0.15, 0.2) is 40.2 Å². The highest BCUT2D eigenvalue weighted by Crippen LogP contribution is 2.22. The van der Waals surface area contributed by atoms with E-state index in [-0.39, 0.29) is 17.5 Å². The van der Waals surface area contributed by atoms with Crippen molar-refractivity contribution in [3.05, 3.63) is 57.2 Å². The van der Waals surface area contributed by atoms with E-state index in [1.165, 1.54) is 17.4 Å². The summed E-state index contributed by atoms with van der Waals surface area (Å²) in [6.07, 6.45) is 0. The molecule has 0 bridgehead atoms. The SMILES string of the molecule is O=C(NCc1nc(-c2cccs2)no1)c1ccc(Cl)cc1Cl. The third-order valence-corrected chi connectivity index (χ3v) is 4.20. The fraction of sp³-hybridized carbons (Fsp3) is 0.0714. The number of benzene rings is 1. The van der Waals surface area contributed by atoms with Crippen molar-refractivity contribution < 1.29 is 9.32 Å². The van der Waals surface area contributed by atoms with Crippen molar-refractivity contribution in [3.8, 4) is 10.7 Å². The van der Waals surface area contributed by atoms with Crippen LogP contribution in [-0.2, 0) is 6.54 Å². The lowest BCUT2D eigenvalue weighted by atomic mass is 10.2. The fourth-order valence-corrected chi connectivity index (χ4v) is 2.90. The average molecular weight is 354 g/mol. The summed E-state index contributed by atoms with van der Waals surface area (Å²) in [7, 11) is 0. The molecule has 1 amide bonds. The zero-order valence-electron chi connectivity index (χ0n) is 11.0. The topological polar surface area (TPSA) is 68.0 Å². The average Bonchev–Trinajstić information content (AvgIpc) is 3.16. The predicted octanol–water partition coefficient (Wildman–Crippen LogP) is 4.03. The Bertz CT molecular complexity index is 802. The number of hydrogen-bond acceptors (Lipinski definition) is 5. The van der Waals surface area contributed by atoms with Gasteiger partial charge in [0.1, 0.15) is 0 Å². The Labute approximate surface area is 139 Å². The van der Waals surface area contributed by atoms with Gasteiger partial charge in [-0.15, -0.1) is 11.3 Å². The minimum atomic E-state index is -0.336. The molecule has 5 nitrogen and oxygen atoms in total. The zero-order valence-corrected chi connectivity index (χ0v) is 13.4. The molecule has 1 N–H and O–H groups in total. The molecule has 8 heteroatoms. The molecular formula is C14H9Cl2N3O2S. The summed E-state index contributed by atoms with van der Waals surface area (Å²) < 4.78 is 5.10. The second-order valence-corrected chi connectivity index (χ2v) is 6.09. The van der Waals surface area contributed by atoms with Gasteiger partial charge in [-0.25, -0.2) is 0 Å². The number of hydrogen-bond donors (Lipinski definition) is 1. The first kappa shape index (κ1) is 15.0. The van der Waals surface area contributed by atoms with Crippen molar-refractivity contribution in [1.29, 1.82) is 0 Å². The van der Waals surface area contributed by atoms with Crippen LogP contribution in [0.2, 0.25) is 10.0 Å². The first-order chi connectivity index (χ1) is 10.6. The number of amides is 1. The van der Waals surface area contributed by atoms with Gasteiger partial charge in [0.15, 0.2) is 0 Å². The quantitative estimate of drug-likeness (QED) is 0.768. The van der Waals surface area contributed by atoms with Gasteiger partial charge in [0.2, 0.25) is 11.7 Å². The molecule has 0 saturated heterocycles. The van der Waals surface area contributed by atoms with Gasteiger partial charge in [0.25, 0.3) is 5.91 Å². The van der Waals surface area contributed by atoms with Crippen LogP contribution in [-0.4, -0.2) is 16.0 Å². The second kappa shape index (κ2) is 6.48. The Morgan fingerprint density at radius 2 is 2.18 bits per heavy atom. The third-order valence-electron chi connectivity index (χ3n) is 2.79. The minimum Gasteiger partial charge on any atom is -0.343 e. The fourth-order valence-electron chi connectivity index (χ4n) is 1.76. The van der Waals surface area contributed by atoms with Crippen molar-refractivity contribution in [3.63, 3.8) is 0 Å². The smallest absolute Gasteiger partial charge is 0.253 e. The summed E-state index contributed by atoms with van der Waals surface area (Å²) >= 11 is 13.3. The molecule has 0 radical (unpaired) electrons. The van der Waals surface area contributed by atoms with Crippen LogP contribution in [0, 0.1) is 0 Å². The largest absolute Gasteiger partial charge is 0.343 e. The first-order valence-electron chi connectivity index (χ1n) is 6.23. The molecule has 0 aliphatic rings. The van der Waals surface area contributed by atoms with Crippen LogP contribution in [0.3, 0.4) is 0 Å². The van der Waals surface area contributed by atoms with E-state index in [1.807, 2.05) is 17.5 Å². The lowest BCUT2D eigenvalue weighted by molar-refractivity contribution is 0.0946. The lowest BCUT2D eigenvalue weighted by Gasteiger charge is -2.04. The lowest BCUT2D eigenvalue weighted by Crippen LogP contribution is -2.23. The monoisotopic (exact) mass is 353 g/mol. The minimum absolute atomic E-state index is 0.121. The van der Waals surface area contributed by atoms with Gasteiger partial charge >= 0.3 is 0 Å². The maximum Gasteiger partial charge on any atom is 0.253 e. The Balaban J connectivity index is 1.66. The molecule has 112 valence electrons. The van der Waals surface area contributed by atoms with Gasteiger partial charge in [-0.05, 0) is 29.6 Å². The Kier molecular flexibility index (Phi) is 4.42. The van der Waals surface area contributed by atoms with E-state index in [9.17, 15) is 4.79 Å². The summed E-state index contributed by atoms with van der Waals surface area (Å²) in [5.41, 5.74) is 0.337. The van der Waals surface area contributed by atoms with Crippen molar-refractivity contribution in [2.45, 2.75) is 6.54 Å². The highest BCUT2D eigenvalue weighted by atomic mass is 35.5. The molecule has 0 aliphatic heterocycles. The van der Waals surface area contributed by atoms with E-state index in [1.54, 1.807) is 12.1 Å². The van der Waals surface area contributed by atoms with E-state index in [0.717, 1.165) is 4.88 Å². The van der Waals surface area contributed by atoms with Crippen LogP contribution in [0.4, 0.5) is 0 Å². The van der Waals surface area contributed by atoms with E-state index in [0.29, 0.717) is 22.3 Å². The number of carbonyl (C=O) groups excluding carboxylic acids is 1. The number of thiophene rings is 1. The van der Waals surface area contributed by atoms with Crippen molar-refractivity contribution >= 4 is 40.4 Å². The number of halogens is 2. The van der Waals surface area contributed by atoms with Crippen molar-refractivity contribution in [1.82, 2.24) is 15.5 Å². The van der Waals surface area contributed by atoms with Gasteiger partial charge < -0.3 is 9.84 Å². The van der Waals surface area contributed by atoms with Crippen molar-refractivity contribution in [2.24, 2.45) is 0 Å².